The van der Waals surface area contributed by atoms with E-state index in [9.17, 15) is 9.50 Å². The molecule has 0 aliphatic carbocycles. The van der Waals surface area contributed by atoms with Crippen LogP contribution in [-0.4, -0.2) is 40.1 Å². The Hall–Kier alpha value is -0.580. The monoisotopic (exact) mass is 269 g/mol. The summed E-state index contributed by atoms with van der Waals surface area (Å²) in [5.41, 5.74) is 0.397. The minimum Gasteiger partial charge on any atom is -0.387 e. The number of benzene rings is 1. The summed E-state index contributed by atoms with van der Waals surface area (Å²) in [7, 11) is 0. The lowest BCUT2D eigenvalue weighted by Crippen LogP contribution is -2.44. The van der Waals surface area contributed by atoms with Crippen LogP contribution in [0.15, 0.2) is 24.3 Å². The molecular weight excluding hydrogens is 249 g/mol. The highest BCUT2D eigenvalue weighted by atomic mass is 32.2. The molecule has 1 unspecified atom stereocenters. The van der Waals surface area contributed by atoms with Crippen LogP contribution in [0, 0.1) is 5.82 Å². The molecule has 0 radical (unpaired) electrons. The summed E-state index contributed by atoms with van der Waals surface area (Å²) in [5, 5.41) is 10.1. The van der Waals surface area contributed by atoms with Gasteiger partial charge in [-0.15, -0.1) is 0 Å². The van der Waals surface area contributed by atoms with Crippen LogP contribution in [0.4, 0.5) is 4.39 Å². The van der Waals surface area contributed by atoms with Crippen molar-refractivity contribution in [3.8, 4) is 0 Å². The van der Waals surface area contributed by atoms with Crippen LogP contribution in [0.25, 0.3) is 0 Å². The predicted octanol–water partition coefficient (Wildman–Crippen LogP) is 2.69. The second kappa shape index (κ2) is 5.59. The van der Waals surface area contributed by atoms with E-state index in [0.717, 1.165) is 18.8 Å². The van der Waals surface area contributed by atoms with Crippen LogP contribution in [0.5, 0.6) is 0 Å². The van der Waals surface area contributed by atoms with Crippen molar-refractivity contribution in [2.45, 2.75) is 24.7 Å². The first-order valence-electron chi connectivity index (χ1n) is 6.27. The molecular formula is C14H20FNOS. The maximum atomic E-state index is 13.6. The van der Waals surface area contributed by atoms with E-state index >= 15 is 0 Å². The zero-order valence-corrected chi connectivity index (χ0v) is 11.7. The minimum atomic E-state index is -0.745. The average molecular weight is 269 g/mol. The lowest BCUT2D eigenvalue weighted by Gasteiger charge is -2.38. The first-order valence-corrected chi connectivity index (χ1v) is 7.25. The lowest BCUT2D eigenvalue weighted by molar-refractivity contribution is 0.107. The van der Waals surface area contributed by atoms with Gasteiger partial charge in [0.1, 0.15) is 5.82 Å². The second-order valence-corrected chi connectivity index (χ2v) is 7.18. The smallest absolute Gasteiger partial charge is 0.129 e. The summed E-state index contributed by atoms with van der Waals surface area (Å²) < 4.78 is 13.8. The van der Waals surface area contributed by atoms with E-state index in [1.165, 1.54) is 6.07 Å². The Kier molecular flexibility index (Phi) is 4.30. The normalized spacial score (nSPS) is 21.8. The fraction of sp³-hybridized carbons (Fsp3) is 0.571. The SMILES string of the molecule is CC1(C)CN(CC(O)c2ccccc2F)CCS1. The molecule has 1 N–H and O–H groups in total. The Morgan fingerprint density at radius 3 is 2.83 bits per heavy atom. The van der Waals surface area contributed by atoms with Crippen LogP contribution in [0.1, 0.15) is 25.5 Å². The molecule has 1 fully saturated rings. The molecule has 1 saturated heterocycles. The van der Waals surface area contributed by atoms with Crippen molar-refractivity contribution in [1.29, 1.82) is 0 Å². The van der Waals surface area contributed by atoms with Gasteiger partial charge in [0, 0.05) is 35.7 Å². The van der Waals surface area contributed by atoms with Crippen molar-refractivity contribution in [3.05, 3.63) is 35.6 Å². The number of aliphatic hydroxyl groups excluding tert-OH is 1. The third kappa shape index (κ3) is 3.46. The zero-order valence-electron chi connectivity index (χ0n) is 10.9. The quantitative estimate of drug-likeness (QED) is 0.912. The maximum Gasteiger partial charge on any atom is 0.129 e. The predicted molar refractivity (Wildman–Crippen MR) is 74.3 cm³/mol. The van der Waals surface area contributed by atoms with Crippen LogP contribution < -0.4 is 0 Å². The van der Waals surface area contributed by atoms with Gasteiger partial charge in [0.05, 0.1) is 6.10 Å². The topological polar surface area (TPSA) is 23.5 Å². The van der Waals surface area contributed by atoms with Gasteiger partial charge in [-0.25, -0.2) is 4.39 Å². The standard InChI is InChI=1S/C14H20FNOS/c1-14(2)10-16(7-8-18-14)9-13(17)11-5-3-4-6-12(11)15/h3-6,13,17H,7-10H2,1-2H3. The van der Waals surface area contributed by atoms with Crippen molar-refractivity contribution in [2.75, 3.05) is 25.4 Å². The maximum absolute atomic E-state index is 13.6. The third-order valence-electron chi connectivity index (χ3n) is 3.20. The van der Waals surface area contributed by atoms with Crippen molar-refractivity contribution in [3.63, 3.8) is 0 Å². The molecule has 18 heavy (non-hydrogen) atoms. The number of β-amino-alcohol motifs (C(OH)–C–C–N with tert-alkyl or cyclic N) is 1. The van der Waals surface area contributed by atoms with E-state index in [4.69, 9.17) is 0 Å². The van der Waals surface area contributed by atoms with E-state index in [1.54, 1.807) is 18.2 Å². The highest BCUT2D eigenvalue weighted by Gasteiger charge is 2.28. The number of thioether (sulfide) groups is 1. The van der Waals surface area contributed by atoms with Crippen LogP contribution in [0.3, 0.4) is 0 Å². The molecule has 0 spiro atoms. The van der Waals surface area contributed by atoms with Crippen LogP contribution in [-0.2, 0) is 0 Å². The number of aliphatic hydroxyl groups is 1. The highest BCUT2D eigenvalue weighted by molar-refractivity contribution is 8.00. The minimum absolute atomic E-state index is 0.215. The molecule has 100 valence electrons. The van der Waals surface area contributed by atoms with Crippen LogP contribution in [0.2, 0.25) is 0 Å². The molecule has 1 aliphatic rings. The summed E-state index contributed by atoms with van der Waals surface area (Å²) in [6.45, 7) is 6.81. The number of hydrogen-bond acceptors (Lipinski definition) is 3. The van der Waals surface area contributed by atoms with E-state index in [-0.39, 0.29) is 10.6 Å². The highest BCUT2D eigenvalue weighted by Crippen LogP contribution is 2.30. The molecule has 2 rings (SSSR count). The summed E-state index contributed by atoms with van der Waals surface area (Å²) in [5.74, 6) is 0.743. The Balaban J connectivity index is 1.99. The van der Waals surface area contributed by atoms with Gasteiger partial charge >= 0.3 is 0 Å². The van der Waals surface area contributed by atoms with Gasteiger partial charge in [0.15, 0.2) is 0 Å². The van der Waals surface area contributed by atoms with Crippen molar-refractivity contribution in [2.24, 2.45) is 0 Å². The molecule has 2 nitrogen and oxygen atoms in total. The largest absolute Gasteiger partial charge is 0.387 e. The van der Waals surface area contributed by atoms with Gasteiger partial charge in [0.25, 0.3) is 0 Å². The van der Waals surface area contributed by atoms with Crippen molar-refractivity contribution in [1.82, 2.24) is 4.90 Å². The van der Waals surface area contributed by atoms with Gasteiger partial charge in [-0.2, -0.15) is 11.8 Å². The van der Waals surface area contributed by atoms with E-state index in [2.05, 4.69) is 18.7 Å². The third-order valence-corrected chi connectivity index (χ3v) is 4.50. The van der Waals surface area contributed by atoms with Gasteiger partial charge < -0.3 is 5.11 Å². The number of nitrogens with zero attached hydrogens (tertiary/aromatic N) is 1. The summed E-state index contributed by atoms with van der Waals surface area (Å²) in [4.78, 5) is 2.22. The van der Waals surface area contributed by atoms with Crippen LogP contribution >= 0.6 is 11.8 Å². The number of halogens is 1. The summed E-state index contributed by atoms with van der Waals surface area (Å²) in [6, 6.07) is 6.46. The Labute approximate surface area is 112 Å². The Morgan fingerprint density at radius 1 is 1.44 bits per heavy atom. The molecule has 0 saturated carbocycles. The molecule has 1 aromatic carbocycles. The van der Waals surface area contributed by atoms with E-state index in [0.29, 0.717) is 12.1 Å². The molecule has 0 amide bonds. The molecule has 1 heterocycles. The number of rotatable bonds is 3. The summed E-state index contributed by atoms with van der Waals surface area (Å²) >= 11 is 1.95. The molecule has 0 bridgehead atoms. The molecule has 1 atom stereocenters. The van der Waals surface area contributed by atoms with E-state index in [1.807, 2.05) is 11.8 Å². The lowest BCUT2D eigenvalue weighted by atomic mass is 10.1. The van der Waals surface area contributed by atoms with E-state index < -0.39 is 6.10 Å². The molecule has 0 aromatic heterocycles. The Morgan fingerprint density at radius 2 is 2.17 bits per heavy atom. The summed E-state index contributed by atoms with van der Waals surface area (Å²) in [6.07, 6.45) is -0.745. The van der Waals surface area contributed by atoms with Crippen molar-refractivity contribution >= 4 is 11.8 Å². The van der Waals surface area contributed by atoms with Gasteiger partial charge in [-0.05, 0) is 19.9 Å². The molecule has 4 heteroatoms. The van der Waals surface area contributed by atoms with Crippen molar-refractivity contribution < 1.29 is 9.50 Å². The fourth-order valence-electron chi connectivity index (χ4n) is 2.36. The second-order valence-electron chi connectivity index (χ2n) is 5.38. The first kappa shape index (κ1) is 13.8. The zero-order chi connectivity index (χ0) is 13.2. The van der Waals surface area contributed by atoms with Gasteiger partial charge in [-0.3, -0.25) is 4.90 Å². The van der Waals surface area contributed by atoms with Gasteiger partial charge in [0.2, 0.25) is 0 Å². The Bertz CT molecular complexity index is 411. The fourth-order valence-corrected chi connectivity index (χ4v) is 3.53. The molecule has 1 aromatic rings. The number of hydrogen-bond donors (Lipinski definition) is 1. The average Bonchev–Trinajstić information content (AvgIpc) is 2.28. The first-order chi connectivity index (χ1) is 8.48. The van der Waals surface area contributed by atoms with Gasteiger partial charge in [-0.1, -0.05) is 18.2 Å². The molecule has 1 aliphatic heterocycles.